The van der Waals surface area contributed by atoms with Gasteiger partial charge in [-0.2, -0.15) is 0 Å². The molecular formula is C4H12B2O. The maximum Gasteiger partial charge on any atom is 0.269 e. The van der Waals surface area contributed by atoms with Gasteiger partial charge in [0.25, 0.3) is 13.8 Å². The smallest absolute Gasteiger partial charge is 0.269 e. The first-order valence-electron chi connectivity index (χ1n) is 2.78. The van der Waals surface area contributed by atoms with Crippen LogP contribution in [0.4, 0.5) is 0 Å². The average molecular weight is 97.8 g/mol. The van der Waals surface area contributed by atoms with E-state index >= 15 is 0 Å². The Morgan fingerprint density at radius 1 is 0.857 bits per heavy atom. The van der Waals surface area contributed by atoms with Crippen LogP contribution in [0.15, 0.2) is 0 Å². The SMILES string of the molecule is CB(C)OB(C)C. The van der Waals surface area contributed by atoms with Crippen molar-refractivity contribution in [3.05, 3.63) is 0 Å². The molecule has 3 heteroatoms. The number of hydrogen-bond acceptors (Lipinski definition) is 1. The van der Waals surface area contributed by atoms with Crippen molar-refractivity contribution in [2.24, 2.45) is 0 Å². The zero-order valence-corrected chi connectivity index (χ0v) is 5.56. The minimum Gasteiger partial charge on any atom is -0.499 e. The third-order valence-corrected chi connectivity index (χ3v) is 0.544. The van der Waals surface area contributed by atoms with Gasteiger partial charge >= 0.3 is 0 Å². The Labute approximate surface area is 46.7 Å². The molecule has 40 valence electrons. The molecule has 0 bridgehead atoms. The summed E-state index contributed by atoms with van der Waals surface area (Å²) < 4.78 is 5.25. The molecule has 0 heterocycles. The van der Waals surface area contributed by atoms with Crippen molar-refractivity contribution in [1.29, 1.82) is 0 Å². The van der Waals surface area contributed by atoms with Crippen molar-refractivity contribution in [2.75, 3.05) is 0 Å². The molecule has 0 amide bonds. The van der Waals surface area contributed by atoms with Gasteiger partial charge in [0.05, 0.1) is 0 Å². The van der Waals surface area contributed by atoms with Crippen molar-refractivity contribution in [2.45, 2.75) is 27.3 Å². The Morgan fingerprint density at radius 2 is 1.14 bits per heavy atom. The maximum atomic E-state index is 5.25. The van der Waals surface area contributed by atoms with Gasteiger partial charge in [0.15, 0.2) is 0 Å². The van der Waals surface area contributed by atoms with Crippen LogP contribution in [0.5, 0.6) is 0 Å². The van der Waals surface area contributed by atoms with Gasteiger partial charge in [-0.05, 0) is 0 Å². The predicted octanol–water partition coefficient (Wildman–Crippen LogP) is 1.51. The largest absolute Gasteiger partial charge is 0.499 e. The van der Waals surface area contributed by atoms with E-state index < -0.39 is 0 Å². The van der Waals surface area contributed by atoms with Crippen molar-refractivity contribution in [3.8, 4) is 0 Å². The molecule has 0 aromatic heterocycles. The van der Waals surface area contributed by atoms with E-state index in [1.807, 2.05) is 27.3 Å². The molecule has 1 nitrogen and oxygen atoms in total. The summed E-state index contributed by atoms with van der Waals surface area (Å²) >= 11 is 0. The van der Waals surface area contributed by atoms with Crippen molar-refractivity contribution < 1.29 is 4.57 Å². The molecular weight excluding hydrogens is 85.7 g/mol. The Balaban J connectivity index is 2.95. The fourth-order valence-electron chi connectivity index (χ4n) is 0.544. The van der Waals surface area contributed by atoms with E-state index in [0.717, 1.165) is 0 Å². The van der Waals surface area contributed by atoms with E-state index in [1.54, 1.807) is 0 Å². The molecule has 0 aromatic rings. The molecule has 0 rings (SSSR count). The lowest BCUT2D eigenvalue weighted by atomic mass is 9.65. The van der Waals surface area contributed by atoms with Crippen molar-refractivity contribution in [3.63, 3.8) is 0 Å². The zero-order chi connectivity index (χ0) is 5.86. The Morgan fingerprint density at radius 3 is 1.14 bits per heavy atom. The standard InChI is InChI=1S/C4H12B2O/c1-5(2)7-6(3)4/h1-4H3. The molecule has 0 saturated heterocycles. The van der Waals surface area contributed by atoms with Crippen LogP contribution in [0.1, 0.15) is 0 Å². The van der Waals surface area contributed by atoms with Gasteiger partial charge in [-0.15, -0.1) is 0 Å². The van der Waals surface area contributed by atoms with Crippen molar-refractivity contribution >= 4 is 13.8 Å². The zero-order valence-electron chi connectivity index (χ0n) is 5.56. The second-order valence-electron chi connectivity index (χ2n) is 2.23. The summed E-state index contributed by atoms with van der Waals surface area (Å²) in [6.07, 6.45) is 0. The number of hydrogen-bond donors (Lipinski definition) is 0. The molecule has 0 fully saturated rings. The van der Waals surface area contributed by atoms with Gasteiger partial charge in [-0.25, -0.2) is 0 Å². The van der Waals surface area contributed by atoms with Crippen molar-refractivity contribution in [1.82, 2.24) is 0 Å². The van der Waals surface area contributed by atoms with Gasteiger partial charge in [0, 0.05) is 0 Å². The van der Waals surface area contributed by atoms with E-state index in [1.165, 1.54) is 0 Å². The Kier molecular flexibility index (Phi) is 3.18. The third-order valence-electron chi connectivity index (χ3n) is 0.544. The fourth-order valence-corrected chi connectivity index (χ4v) is 0.544. The Hall–Kier alpha value is 0.0899. The summed E-state index contributed by atoms with van der Waals surface area (Å²) in [6, 6.07) is 0. The van der Waals surface area contributed by atoms with E-state index in [9.17, 15) is 0 Å². The molecule has 7 heavy (non-hydrogen) atoms. The second-order valence-corrected chi connectivity index (χ2v) is 2.23. The molecule has 0 aromatic carbocycles. The summed E-state index contributed by atoms with van der Waals surface area (Å²) in [5, 5.41) is 0. The van der Waals surface area contributed by atoms with Gasteiger partial charge in [-0.3, -0.25) is 0 Å². The van der Waals surface area contributed by atoms with Gasteiger partial charge in [-0.1, -0.05) is 27.3 Å². The van der Waals surface area contributed by atoms with Gasteiger partial charge in [0.1, 0.15) is 0 Å². The van der Waals surface area contributed by atoms with E-state index in [0.29, 0.717) is 13.8 Å². The van der Waals surface area contributed by atoms with Crippen LogP contribution in [0.25, 0.3) is 0 Å². The molecule has 0 aliphatic heterocycles. The average Bonchev–Trinajstić information content (AvgIpc) is 1.27. The lowest BCUT2D eigenvalue weighted by molar-refractivity contribution is 0.608. The minimum absolute atomic E-state index is 0.375. The molecule has 0 aliphatic carbocycles. The van der Waals surface area contributed by atoms with Crippen LogP contribution in [0, 0.1) is 0 Å². The first-order valence-corrected chi connectivity index (χ1v) is 2.78. The third kappa shape index (κ3) is 6.09. The topological polar surface area (TPSA) is 9.23 Å². The van der Waals surface area contributed by atoms with Crippen LogP contribution in [0.3, 0.4) is 0 Å². The first-order chi connectivity index (χ1) is 3.13. The predicted molar refractivity (Wildman–Crippen MR) is 36.0 cm³/mol. The molecule has 0 aliphatic rings. The van der Waals surface area contributed by atoms with Crippen LogP contribution in [0.2, 0.25) is 27.3 Å². The summed E-state index contributed by atoms with van der Waals surface area (Å²) in [6.45, 7) is 8.92. The summed E-state index contributed by atoms with van der Waals surface area (Å²) in [5.41, 5.74) is 0. The highest BCUT2D eigenvalue weighted by molar-refractivity contribution is 6.63. The molecule has 0 N–H and O–H groups in total. The second kappa shape index (κ2) is 3.14. The molecule has 0 saturated carbocycles. The Bertz CT molecular complexity index is 39.0. The highest BCUT2D eigenvalue weighted by Crippen LogP contribution is 1.87. The highest BCUT2D eigenvalue weighted by atomic mass is 16.4. The molecule has 0 unspecified atom stereocenters. The van der Waals surface area contributed by atoms with Gasteiger partial charge < -0.3 is 4.57 Å². The summed E-state index contributed by atoms with van der Waals surface area (Å²) in [7, 11) is 0. The normalized spacial score (nSPS) is 8.57. The van der Waals surface area contributed by atoms with Crippen LogP contribution in [-0.2, 0) is 4.57 Å². The fraction of sp³-hybridized carbons (Fsp3) is 1.00. The highest BCUT2D eigenvalue weighted by Gasteiger charge is 2.03. The number of rotatable bonds is 2. The molecule has 0 atom stereocenters. The summed E-state index contributed by atoms with van der Waals surface area (Å²) in [4.78, 5) is 0. The van der Waals surface area contributed by atoms with E-state index in [4.69, 9.17) is 4.57 Å². The lowest BCUT2D eigenvalue weighted by Gasteiger charge is -2.04. The first kappa shape index (κ1) is 7.09. The van der Waals surface area contributed by atoms with Crippen LogP contribution >= 0.6 is 0 Å². The minimum atomic E-state index is 0.375. The van der Waals surface area contributed by atoms with E-state index in [2.05, 4.69) is 0 Å². The van der Waals surface area contributed by atoms with Gasteiger partial charge in [0.2, 0.25) is 0 Å². The van der Waals surface area contributed by atoms with Crippen LogP contribution < -0.4 is 0 Å². The maximum absolute atomic E-state index is 5.25. The molecule has 0 spiro atoms. The quantitative estimate of drug-likeness (QED) is 0.475. The van der Waals surface area contributed by atoms with E-state index in [-0.39, 0.29) is 0 Å². The summed E-state index contributed by atoms with van der Waals surface area (Å²) in [5.74, 6) is 0. The molecule has 0 radical (unpaired) electrons. The monoisotopic (exact) mass is 98.1 g/mol. The lowest BCUT2D eigenvalue weighted by Crippen LogP contribution is -2.17. The van der Waals surface area contributed by atoms with Crippen LogP contribution in [-0.4, -0.2) is 13.8 Å².